The fraction of sp³-hybridized carbons (Fsp3) is 0.312. The Balaban J connectivity index is 2.04. The van der Waals surface area contributed by atoms with Gasteiger partial charge in [-0.15, -0.1) is 0 Å². The number of hydrogen-bond acceptors (Lipinski definition) is 5. The van der Waals surface area contributed by atoms with Gasteiger partial charge in [-0.1, -0.05) is 6.07 Å². The number of fused-ring (bicyclic) bond motifs is 1. The number of methoxy groups -OCH3 is 1. The molecule has 0 saturated heterocycles. The van der Waals surface area contributed by atoms with Crippen molar-refractivity contribution in [1.82, 2.24) is 10.3 Å². The summed E-state index contributed by atoms with van der Waals surface area (Å²) in [6.07, 6.45) is 4.02. The smallest absolute Gasteiger partial charge is 0.328 e. The van der Waals surface area contributed by atoms with Gasteiger partial charge in [0.25, 0.3) is 0 Å². The van der Waals surface area contributed by atoms with Gasteiger partial charge in [-0.3, -0.25) is 9.59 Å². The van der Waals surface area contributed by atoms with Crippen molar-refractivity contribution >= 4 is 46.1 Å². The molecule has 0 aliphatic heterocycles. The van der Waals surface area contributed by atoms with Gasteiger partial charge in [-0.25, -0.2) is 4.79 Å². The Hall–Kier alpha value is -2.48. The Kier molecular flexibility index (Phi) is 6.25. The number of aromatic amines is 1. The van der Waals surface area contributed by atoms with E-state index in [-0.39, 0.29) is 0 Å². The van der Waals surface area contributed by atoms with Gasteiger partial charge in [0.1, 0.15) is 6.04 Å². The van der Waals surface area contributed by atoms with Crippen molar-refractivity contribution in [1.29, 1.82) is 0 Å². The topological polar surface area (TPSA) is 100 Å². The van der Waals surface area contributed by atoms with Gasteiger partial charge in [-0.05, 0) is 36.6 Å². The van der Waals surface area contributed by atoms with E-state index >= 15 is 0 Å². The summed E-state index contributed by atoms with van der Waals surface area (Å²) in [5.41, 5.74) is 1.37. The van der Waals surface area contributed by atoms with Crippen LogP contribution in [0.5, 0.6) is 0 Å². The summed E-state index contributed by atoms with van der Waals surface area (Å²) in [7, 11) is 1.24. The van der Waals surface area contributed by atoms with Crippen LogP contribution in [0.3, 0.4) is 0 Å². The third kappa shape index (κ3) is 4.29. The average molecular weight is 349 g/mol. The molecule has 8 heteroatoms. The lowest BCUT2D eigenvalue weighted by molar-refractivity contribution is -0.146. The molecule has 1 atom stereocenters. The summed E-state index contributed by atoms with van der Waals surface area (Å²) in [6, 6.07) is 6.29. The highest BCUT2D eigenvalue weighted by atomic mass is 32.2. The van der Waals surface area contributed by atoms with Crippen LogP contribution < -0.4 is 10.6 Å². The molecular weight excluding hydrogens is 330 g/mol. The molecule has 0 bridgehead atoms. The first-order valence-corrected chi connectivity index (χ1v) is 8.71. The largest absolute Gasteiger partial charge is 0.467 e. The first-order valence-electron chi connectivity index (χ1n) is 7.31. The number of ether oxygens (including phenoxy) is 1. The third-order valence-corrected chi connectivity index (χ3v) is 4.10. The molecule has 2 amide bonds. The molecule has 128 valence electrons. The molecule has 24 heavy (non-hydrogen) atoms. The first kappa shape index (κ1) is 17.9. The lowest BCUT2D eigenvalue weighted by atomic mass is 10.2. The van der Waals surface area contributed by atoms with Crippen LogP contribution in [-0.4, -0.2) is 47.9 Å². The van der Waals surface area contributed by atoms with Crippen LogP contribution >= 0.6 is 11.8 Å². The van der Waals surface area contributed by atoms with E-state index in [1.807, 2.05) is 12.3 Å². The minimum atomic E-state index is -0.876. The summed E-state index contributed by atoms with van der Waals surface area (Å²) in [5, 5.41) is 5.78. The number of carbonyl (C=O) groups is 3. The van der Waals surface area contributed by atoms with E-state index in [1.165, 1.54) is 18.9 Å². The Labute approximate surface area is 143 Å². The van der Waals surface area contributed by atoms with Gasteiger partial charge in [-0.2, -0.15) is 11.8 Å². The van der Waals surface area contributed by atoms with Gasteiger partial charge in [0.05, 0.1) is 12.8 Å². The molecule has 0 aliphatic carbocycles. The highest BCUT2D eigenvalue weighted by Crippen LogP contribution is 2.21. The Morgan fingerprint density at radius 1 is 1.25 bits per heavy atom. The molecule has 1 aromatic carbocycles. The number of aromatic nitrogens is 1. The molecular formula is C16H19N3O4S. The lowest BCUT2D eigenvalue weighted by Gasteiger charge is -2.15. The molecule has 0 spiro atoms. The van der Waals surface area contributed by atoms with E-state index in [1.54, 1.807) is 24.4 Å². The van der Waals surface area contributed by atoms with Crippen LogP contribution in [-0.2, 0) is 19.1 Å². The molecule has 2 rings (SSSR count). The van der Waals surface area contributed by atoms with Crippen molar-refractivity contribution in [2.75, 3.05) is 24.4 Å². The highest BCUT2D eigenvalue weighted by molar-refractivity contribution is 7.98. The molecule has 0 unspecified atom stereocenters. The van der Waals surface area contributed by atoms with Crippen LogP contribution in [0.4, 0.5) is 5.69 Å². The zero-order valence-corrected chi connectivity index (χ0v) is 14.2. The zero-order chi connectivity index (χ0) is 17.5. The van der Waals surface area contributed by atoms with Crippen molar-refractivity contribution < 1.29 is 19.1 Å². The highest BCUT2D eigenvalue weighted by Gasteiger charge is 2.24. The second kappa shape index (κ2) is 8.39. The average Bonchev–Trinajstić information content (AvgIpc) is 3.07. The van der Waals surface area contributed by atoms with Crippen molar-refractivity contribution in [2.24, 2.45) is 0 Å². The monoisotopic (exact) mass is 349 g/mol. The van der Waals surface area contributed by atoms with Gasteiger partial charge in [0.2, 0.25) is 0 Å². The Morgan fingerprint density at radius 2 is 2.04 bits per heavy atom. The number of thioether (sulfide) groups is 1. The fourth-order valence-corrected chi connectivity index (χ4v) is 2.70. The lowest BCUT2D eigenvalue weighted by Crippen LogP contribution is -2.46. The number of benzene rings is 1. The van der Waals surface area contributed by atoms with E-state index < -0.39 is 23.8 Å². The number of esters is 1. The number of amides is 2. The molecule has 0 aliphatic rings. The van der Waals surface area contributed by atoms with Gasteiger partial charge < -0.3 is 20.4 Å². The normalized spacial score (nSPS) is 11.8. The van der Waals surface area contributed by atoms with E-state index in [0.29, 0.717) is 17.9 Å². The van der Waals surface area contributed by atoms with E-state index in [2.05, 4.69) is 20.4 Å². The molecule has 2 aromatic rings. The SMILES string of the molecule is COC(=O)[C@H](CCSC)NC(=O)C(=O)Nc1cccc2[nH]ccc12. The van der Waals surface area contributed by atoms with Gasteiger partial charge >= 0.3 is 17.8 Å². The molecule has 1 heterocycles. The summed E-state index contributed by atoms with van der Waals surface area (Å²) in [5.74, 6) is -1.62. The number of hydrogen-bond donors (Lipinski definition) is 3. The van der Waals surface area contributed by atoms with Crippen LogP contribution in [0, 0.1) is 0 Å². The molecule has 0 radical (unpaired) electrons. The second-order valence-corrected chi connectivity index (χ2v) is 6.01. The third-order valence-electron chi connectivity index (χ3n) is 3.45. The number of H-pyrrole nitrogens is 1. The molecule has 3 N–H and O–H groups in total. The number of rotatable bonds is 6. The summed E-state index contributed by atoms with van der Waals surface area (Å²) in [4.78, 5) is 38.9. The summed E-state index contributed by atoms with van der Waals surface area (Å²) >= 11 is 1.54. The molecule has 0 fully saturated rings. The zero-order valence-electron chi connectivity index (χ0n) is 13.4. The maximum atomic E-state index is 12.1. The number of carbonyl (C=O) groups excluding carboxylic acids is 3. The first-order chi connectivity index (χ1) is 11.6. The van der Waals surface area contributed by atoms with Crippen LogP contribution in [0.15, 0.2) is 30.5 Å². The van der Waals surface area contributed by atoms with Crippen LogP contribution in [0.1, 0.15) is 6.42 Å². The number of nitrogens with one attached hydrogen (secondary N) is 3. The van der Waals surface area contributed by atoms with Gasteiger partial charge in [0, 0.05) is 17.1 Å². The molecule has 7 nitrogen and oxygen atoms in total. The predicted octanol–water partition coefficient (Wildman–Crippen LogP) is 1.52. The molecule has 0 saturated carbocycles. The van der Waals surface area contributed by atoms with Crippen molar-refractivity contribution in [3.63, 3.8) is 0 Å². The summed E-state index contributed by atoms with van der Waals surface area (Å²) in [6.45, 7) is 0. The fourth-order valence-electron chi connectivity index (χ4n) is 2.22. The Morgan fingerprint density at radius 3 is 2.75 bits per heavy atom. The second-order valence-electron chi connectivity index (χ2n) is 5.03. The maximum Gasteiger partial charge on any atom is 0.328 e. The Bertz CT molecular complexity index is 744. The van der Waals surface area contributed by atoms with Crippen molar-refractivity contribution in [3.05, 3.63) is 30.5 Å². The van der Waals surface area contributed by atoms with Crippen LogP contribution in [0.2, 0.25) is 0 Å². The number of anilines is 1. The van der Waals surface area contributed by atoms with E-state index in [4.69, 9.17) is 0 Å². The maximum absolute atomic E-state index is 12.1. The minimum Gasteiger partial charge on any atom is -0.467 e. The summed E-state index contributed by atoms with van der Waals surface area (Å²) < 4.78 is 4.66. The molecule has 1 aromatic heterocycles. The van der Waals surface area contributed by atoms with E-state index in [0.717, 1.165) is 10.9 Å². The van der Waals surface area contributed by atoms with Crippen molar-refractivity contribution in [3.8, 4) is 0 Å². The van der Waals surface area contributed by atoms with Crippen LogP contribution in [0.25, 0.3) is 10.9 Å². The van der Waals surface area contributed by atoms with E-state index in [9.17, 15) is 14.4 Å². The standard InChI is InChI=1S/C16H19N3O4S/c1-23-16(22)13(7-9-24-2)19-15(21)14(20)18-12-5-3-4-11-10(12)6-8-17-11/h3-6,8,13,17H,7,9H2,1-2H3,(H,18,20)(H,19,21)/t13-/m0/s1. The van der Waals surface area contributed by atoms with Gasteiger partial charge in [0.15, 0.2) is 0 Å². The quantitative estimate of drug-likeness (QED) is 0.542. The van der Waals surface area contributed by atoms with Crippen molar-refractivity contribution in [2.45, 2.75) is 12.5 Å². The minimum absolute atomic E-state index is 0.389. The predicted molar refractivity (Wildman–Crippen MR) is 93.9 cm³/mol.